The van der Waals surface area contributed by atoms with Crippen molar-refractivity contribution in [3.05, 3.63) is 46.2 Å². The summed E-state index contributed by atoms with van der Waals surface area (Å²) in [7, 11) is 1.82. The molecule has 2 rings (SSSR count). The minimum absolute atomic E-state index is 0.173. The number of fused-ring (bicyclic) bond motifs is 1. The van der Waals surface area contributed by atoms with Gasteiger partial charge in [0.2, 0.25) is 0 Å². The molecule has 0 aliphatic heterocycles. The molecule has 4 nitrogen and oxygen atoms in total. The first-order chi connectivity index (χ1) is 8.02. The molecule has 1 heterocycles. The van der Waals surface area contributed by atoms with Gasteiger partial charge in [0, 0.05) is 24.2 Å². The third-order valence-corrected chi connectivity index (χ3v) is 3.72. The second-order valence-electron chi connectivity index (χ2n) is 3.96. The smallest absolute Gasteiger partial charge is 0.193 e. The number of hydrogen-bond donors (Lipinski definition) is 1. The Labute approximate surface area is 101 Å². The van der Waals surface area contributed by atoms with Crippen LogP contribution in [0.25, 0.3) is 10.9 Å². The summed E-state index contributed by atoms with van der Waals surface area (Å²) in [5.74, 6) is 0. The minimum atomic E-state index is -2.04. The fourth-order valence-corrected chi connectivity index (χ4v) is 2.25. The number of aromatic nitrogens is 1. The van der Waals surface area contributed by atoms with Crippen LogP contribution in [0.1, 0.15) is 17.7 Å². The zero-order chi connectivity index (χ0) is 12.6. The SMILES string of the molecule is CC(c1cn(C)c2ccccc2c1=O)S(=O)O. The van der Waals surface area contributed by atoms with Crippen LogP contribution in [0.4, 0.5) is 0 Å². The summed E-state index contributed by atoms with van der Waals surface area (Å²) in [6, 6.07) is 7.22. The fourth-order valence-electron chi connectivity index (χ4n) is 1.86. The summed E-state index contributed by atoms with van der Waals surface area (Å²) in [5, 5.41) is -0.108. The van der Waals surface area contributed by atoms with Gasteiger partial charge in [0.05, 0.1) is 10.8 Å². The van der Waals surface area contributed by atoms with Gasteiger partial charge in [-0.15, -0.1) is 0 Å². The highest BCUT2D eigenvalue weighted by Gasteiger charge is 2.17. The third kappa shape index (κ3) is 2.03. The van der Waals surface area contributed by atoms with Crippen molar-refractivity contribution in [3.63, 3.8) is 0 Å². The molecular weight excluding hydrogens is 238 g/mol. The predicted molar refractivity (Wildman–Crippen MR) is 68.4 cm³/mol. The van der Waals surface area contributed by atoms with E-state index in [0.717, 1.165) is 5.52 Å². The van der Waals surface area contributed by atoms with Crippen molar-refractivity contribution < 1.29 is 8.76 Å². The second-order valence-corrected chi connectivity index (χ2v) is 5.22. The number of hydrogen-bond acceptors (Lipinski definition) is 2. The fraction of sp³-hybridized carbons (Fsp3) is 0.250. The highest BCUT2D eigenvalue weighted by atomic mass is 32.2. The Balaban J connectivity index is 2.80. The van der Waals surface area contributed by atoms with E-state index in [1.807, 2.05) is 19.2 Å². The molecule has 5 heteroatoms. The molecule has 0 aliphatic carbocycles. The Bertz CT molecular complexity index is 648. The minimum Gasteiger partial charge on any atom is -0.350 e. The van der Waals surface area contributed by atoms with E-state index in [0.29, 0.717) is 10.9 Å². The normalized spacial score (nSPS) is 14.8. The molecule has 0 saturated heterocycles. The zero-order valence-corrected chi connectivity index (χ0v) is 10.4. The van der Waals surface area contributed by atoms with Crippen LogP contribution in [-0.4, -0.2) is 13.3 Å². The topological polar surface area (TPSA) is 59.3 Å². The van der Waals surface area contributed by atoms with Crippen LogP contribution >= 0.6 is 0 Å². The molecule has 90 valence electrons. The van der Waals surface area contributed by atoms with Gasteiger partial charge in [0.15, 0.2) is 16.5 Å². The maximum atomic E-state index is 12.2. The Morgan fingerprint density at radius 3 is 2.65 bits per heavy atom. The molecular formula is C12H13NO3S. The first-order valence-electron chi connectivity index (χ1n) is 5.20. The van der Waals surface area contributed by atoms with E-state index in [1.54, 1.807) is 29.8 Å². The third-order valence-electron chi connectivity index (χ3n) is 2.86. The van der Waals surface area contributed by atoms with E-state index < -0.39 is 16.3 Å². The van der Waals surface area contributed by atoms with E-state index >= 15 is 0 Å². The van der Waals surface area contributed by atoms with Gasteiger partial charge < -0.3 is 9.12 Å². The molecule has 0 amide bonds. The molecule has 2 unspecified atom stereocenters. The summed E-state index contributed by atoms with van der Waals surface area (Å²) in [4.78, 5) is 12.2. The zero-order valence-electron chi connectivity index (χ0n) is 9.58. The van der Waals surface area contributed by atoms with Crippen LogP contribution in [0.2, 0.25) is 0 Å². The van der Waals surface area contributed by atoms with Crippen LogP contribution in [0.5, 0.6) is 0 Å². The largest absolute Gasteiger partial charge is 0.350 e. The quantitative estimate of drug-likeness (QED) is 0.828. The van der Waals surface area contributed by atoms with Gasteiger partial charge in [-0.3, -0.25) is 4.79 Å². The summed E-state index contributed by atoms with van der Waals surface area (Å²) in [5.41, 5.74) is 1.01. The number of rotatable bonds is 2. The Morgan fingerprint density at radius 1 is 1.35 bits per heavy atom. The molecule has 0 spiro atoms. The molecule has 0 saturated carbocycles. The highest BCUT2D eigenvalue weighted by Crippen LogP contribution is 2.18. The Morgan fingerprint density at radius 2 is 2.00 bits per heavy atom. The van der Waals surface area contributed by atoms with E-state index in [2.05, 4.69) is 0 Å². The van der Waals surface area contributed by atoms with Gasteiger partial charge in [-0.25, -0.2) is 4.21 Å². The van der Waals surface area contributed by atoms with Gasteiger partial charge >= 0.3 is 0 Å². The molecule has 2 atom stereocenters. The van der Waals surface area contributed by atoms with Gasteiger partial charge in [-0.1, -0.05) is 12.1 Å². The average molecular weight is 251 g/mol. The molecule has 0 fully saturated rings. The number of nitrogens with zero attached hydrogens (tertiary/aromatic N) is 1. The first-order valence-corrected chi connectivity index (χ1v) is 6.37. The van der Waals surface area contributed by atoms with Crippen molar-refractivity contribution in [3.8, 4) is 0 Å². The maximum Gasteiger partial charge on any atom is 0.193 e. The van der Waals surface area contributed by atoms with Crippen LogP contribution in [0, 0.1) is 0 Å². The van der Waals surface area contributed by atoms with Crippen molar-refractivity contribution in [1.82, 2.24) is 4.57 Å². The average Bonchev–Trinajstić information content (AvgIpc) is 2.33. The summed E-state index contributed by atoms with van der Waals surface area (Å²) < 4.78 is 21.9. The lowest BCUT2D eigenvalue weighted by Gasteiger charge is -2.11. The molecule has 1 aromatic carbocycles. The van der Waals surface area contributed by atoms with E-state index in [-0.39, 0.29) is 5.43 Å². The van der Waals surface area contributed by atoms with E-state index in [1.165, 1.54) is 0 Å². The number of benzene rings is 1. The van der Waals surface area contributed by atoms with E-state index in [9.17, 15) is 9.00 Å². The van der Waals surface area contributed by atoms with Gasteiger partial charge in [0.25, 0.3) is 0 Å². The number of pyridine rings is 1. The maximum absolute atomic E-state index is 12.2. The van der Waals surface area contributed by atoms with Crippen molar-refractivity contribution in [2.24, 2.45) is 7.05 Å². The predicted octanol–water partition coefficient (Wildman–Crippen LogP) is 1.82. The summed E-state index contributed by atoms with van der Waals surface area (Å²) in [6.07, 6.45) is 1.63. The van der Waals surface area contributed by atoms with E-state index in [4.69, 9.17) is 4.55 Å². The van der Waals surface area contributed by atoms with Crippen molar-refractivity contribution in [2.45, 2.75) is 12.2 Å². The monoisotopic (exact) mass is 251 g/mol. The van der Waals surface area contributed by atoms with Crippen molar-refractivity contribution in [1.29, 1.82) is 0 Å². The van der Waals surface area contributed by atoms with Crippen LogP contribution in [-0.2, 0) is 18.1 Å². The van der Waals surface area contributed by atoms with Gasteiger partial charge in [0.1, 0.15) is 0 Å². The Kier molecular flexibility index (Phi) is 3.13. The standard InChI is InChI=1S/C12H13NO3S/c1-8(17(15)16)10-7-13(2)11-6-4-3-5-9(11)12(10)14/h3-8H,1-2H3,(H,15,16). The van der Waals surface area contributed by atoms with Crippen molar-refractivity contribution >= 4 is 22.0 Å². The Hall–Kier alpha value is -1.46. The molecule has 1 N–H and O–H groups in total. The van der Waals surface area contributed by atoms with Crippen molar-refractivity contribution in [2.75, 3.05) is 0 Å². The molecule has 0 radical (unpaired) electrons. The van der Waals surface area contributed by atoms with Crippen LogP contribution < -0.4 is 5.43 Å². The van der Waals surface area contributed by atoms with Gasteiger partial charge in [-0.2, -0.15) is 0 Å². The molecule has 0 bridgehead atoms. The highest BCUT2D eigenvalue weighted by molar-refractivity contribution is 7.79. The molecule has 2 aromatic rings. The lowest BCUT2D eigenvalue weighted by atomic mass is 10.1. The first kappa shape index (κ1) is 12.0. The van der Waals surface area contributed by atoms with Gasteiger partial charge in [-0.05, 0) is 19.1 Å². The summed E-state index contributed by atoms with van der Waals surface area (Å²) >= 11 is -2.04. The number of para-hydroxylation sites is 1. The molecule has 1 aromatic heterocycles. The molecule has 17 heavy (non-hydrogen) atoms. The van der Waals surface area contributed by atoms with Crippen LogP contribution in [0.15, 0.2) is 35.3 Å². The van der Waals surface area contributed by atoms with Crippen LogP contribution in [0.3, 0.4) is 0 Å². The lowest BCUT2D eigenvalue weighted by Crippen LogP contribution is -2.17. The lowest BCUT2D eigenvalue weighted by molar-refractivity contribution is 0.553. The second kappa shape index (κ2) is 4.43. The number of aryl methyl sites for hydroxylation is 1. The molecule has 0 aliphatic rings. The summed E-state index contributed by atoms with van der Waals surface area (Å²) in [6.45, 7) is 1.57.